The van der Waals surface area contributed by atoms with Crippen LogP contribution >= 0.6 is 0 Å². The highest BCUT2D eigenvalue weighted by Gasteiger charge is 2.55. The Labute approximate surface area is 126 Å². The van der Waals surface area contributed by atoms with Crippen LogP contribution in [0.1, 0.15) is 39.0 Å². The molecule has 21 heavy (non-hydrogen) atoms. The second kappa shape index (κ2) is 5.75. The summed E-state index contributed by atoms with van der Waals surface area (Å²) in [5, 5.41) is 0. The zero-order valence-corrected chi connectivity index (χ0v) is 13.4. The molecule has 1 aliphatic carbocycles. The van der Waals surface area contributed by atoms with Gasteiger partial charge in [0.05, 0.1) is 0 Å². The number of imide groups is 2. The van der Waals surface area contributed by atoms with Crippen molar-refractivity contribution in [3.63, 3.8) is 0 Å². The molecule has 118 valence electrons. The highest BCUT2D eigenvalue weighted by Crippen LogP contribution is 2.34. The summed E-state index contributed by atoms with van der Waals surface area (Å²) in [4.78, 5) is 42.0. The largest absolute Gasteiger partial charge is 0.333 e. The average molecular weight is 295 g/mol. The van der Waals surface area contributed by atoms with E-state index in [0.717, 1.165) is 37.0 Å². The van der Waals surface area contributed by atoms with Crippen LogP contribution in [0.2, 0.25) is 0 Å². The summed E-state index contributed by atoms with van der Waals surface area (Å²) >= 11 is 0. The minimum atomic E-state index is -1.18. The number of urea groups is 1. The maximum atomic E-state index is 12.9. The molecule has 0 radical (unpaired) electrons. The van der Waals surface area contributed by atoms with E-state index in [2.05, 4.69) is 0 Å². The van der Waals surface area contributed by atoms with Crippen molar-refractivity contribution in [3.8, 4) is 0 Å². The van der Waals surface area contributed by atoms with Crippen molar-refractivity contribution in [1.82, 2.24) is 14.7 Å². The molecule has 0 N–H and O–H groups in total. The summed E-state index contributed by atoms with van der Waals surface area (Å²) in [7, 11) is 5.13. The highest BCUT2D eigenvalue weighted by molar-refractivity contribution is 6.19. The van der Waals surface area contributed by atoms with Crippen LogP contribution in [0.5, 0.6) is 0 Å². The summed E-state index contributed by atoms with van der Waals surface area (Å²) < 4.78 is 0. The molecule has 6 heteroatoms. The lowest BCUT2D eigenvalue weighted by Crippen LogP contribution is -2.67. The Kier molecular flexibility index (Phi) is 4.37. The van der Waals surface area contributed by atoms with Crippen LogP contribution in [0.3, 0.4) is 0 Å². The van der Waals surface area contributed by atoms with E-state index in [9.17, 15) is 14.4 Å². The Balaban J connectivity index is 2.34. The SMILES string of the molecule is CN(C)CC1(C)C(=O)N(C)C(=O)N(C2CCCCC2)C1=O. The van der Waals surface area contributed by atoms with Gasteiger partial charge in [-0.2, -0.15) is 0 Å². The van der Waals surface area contributed by atoms with Crippen molar-refractivity contribution in [2.24, 2.45) is 5.41 Å². The second-order valence-electron chi connectivity index (χ2n) is 6.68. The van der Waals surface area contributed by atoms with Crippen LogP contribution in [0.4, 0.5) is 4.79 Å². The van der Waals surface area contributed by atoms with Gasteiger partial charge in [0, 0.05) is 19.6 Å². The van der Waals surface area contributed by atoms with Crippen LogP contribution in [0, 0.1) is 5.41 Å². The first-order valence-electron chi connectivity index (χ1n) is 7.59. The summed E-state index contributed by atoms with van der Waals surface area (Å²) in [5.41, 5.74) is -1.18. The fourth-order valence-corrected chi connectivity index (χ4v) is 3.49. The minimum Gasteiger partial charge on any atom is -0.308 e. The molecule has 1 heterocycles. The summed E-state index contributed by atoms with van der Waals surface area (Å²) in [5.74, 6) is -0.741. The van der Waals surface area contributed by atoms with Crippen LogP contribution in [0.15, 0.2) is 0 Å². The standard InChI is InChI=1S/C15H25N3O3/c1-15(10-16(2)3)12(19)17(4)14(21)18(13(15)20)11-8-6-5-7-9-11/h11H,5-10H2,1-4H3. The molecule has 0 aromatic heterocycles. The molecule has 2 fully saturated rings. The van der Waals surface area contributed by atoms with Crippen molar-refractivity contribution in [3.05, 3.63) is 0 Å². The van der Waals surface area contributed by atoms with Crippen LogP contribution in [-0.4, -0.2) is 66.3 Å². The molecule has 0 aromatic rings. The van der Waals surface area contributed by atoms with Gasteiger partial charge in [-0.1, -0.05) is 19.3 Å². The summed E-state index contributed by atoms with van der Waals surface area (Å²) in [6, 6.07) is -0.524. The van der Waals surface area contributed by atoms with Crippen LogP contribution in [0.25, 0.3) is 0 Å². The van der Waals surface area contributed by atoms with Gasteiger partial charge in [-0.05, 0) is 33.9 Å². The van der Waals surface area contributed by atoms with E-state index in [1.165, 1.54) is 11.9 Å². The van der Waals surface area contributed by atoms with E-state index in [1.807, 2.05) is 19.0 Å². The molecule has 0 spiro atoms. The number of rotatable bonds is 3. The average Bonchev–Trinajstić information content (AvgIpc) is 2.44. The first kappa shape index (κ1) is 15.9. The molecule has 0 bridgehead atoms. The van der Waals surface area contributed by atoms with Crippen molar-refractivity contribution < 1.29 is 14.4 Å². The molecule has 4 amide bonds. The molecule has 1 saturated heterocycles. The number of carbonyl (C=O) groups is 3. The van der Waals surface area contributed by atoms with E-state index in [1.54, 1.807) is 6.92 Å². The van der Waals surface area contributed by atoms with Crippen molar-refractivity contribution in [1.29, 1.82) is 0 Å². The predicted octanol–water partition coefficient (Wildman–Crippen LogP) is 1.31. The van der Waals surface area contributed by atoms with Crippen molar-refractivity contribution in [2.45, 2.75) is 45.1 Å². The first-order valence-corrected chi connectivity index (χ1v) is 7.59. The molecule has 1 atom stereocenters. The lowest BCUT2D eigenvalue weighted by atomic mass is 9.83. The second-order valence-corrected chi connectivity index (χ2v) is 6.68. The molecular weight excluding hydrogens is 270 g/mol. The third-order valence-electron chi connectivity index (χ3n) is 4.53. The Hall–Kier alpha value is -1.43. The summed E-state index contributed by atoms with van der Waals surface area (Å²) in [6.45, 7) is 1.96. The quantitative estimate of drug-likeness (QED) is 0.737. The lowest BCUT2D eigenvalue weighted by Gasteiger charge is -2.45. The van der Waals surface area contributed by atoms with Gasteiger partial charge in [0.2, 0.25) is 11.8 Å². The number of barbiturate groups is 1. The Morgan fingerprint density at radius 1 is 1.10 bits per heavy atom. The summed E-state index contributed by atoms with van der Waals surface area (Å²) in [6.07, 6.45) is 4.90. The molecule has 0 aromatic carbocycles. The van der Waals surface area contributed by atoms with Gasteiger partial charge >= 0.3 is 6.03 Å². The maximum absolute atomic E-state index is 12.9. The number of hydrogen-bond acceptors (Lipinski definition) is 4. The smallest absolute Gasteiger partial charge is 0.308 e. The molecule has 2 rings (SSSR count). The normalized spacial score (nSPS) is 28.7. The third-order valence-corrected chi connectivity index (χ3v) is 4.53. The number of nitrogens with zero attached hydrogens (tertiary/aromatic N) is 3. The van der Waals surface area contributed by atoms with Crippen LogP contribution in [-0.2, 0) is 9.59 Å². The fraction of sp³-hybridized carbons (Fsp3) is 0.800. The number of amides is 4. The van der Waals surface area contributed by atoms with Gasteiger partial charge in [0.1, 0.15) is 5.41 Å². The van der Waals surface area contributed by atoms with Crippen LogP contribution < -0.4 is 0 Å². The fourth-order valence-electron chi connectivity index (χ4n) is 3.49. The van der Waals surface area contributed by atoms with Gasteiger partial charge in [-0.3, -0.25) is 19.4 Å². The lowest BCUT2D eigenvalue weighted by molar-refractivity contribution is -0.159. The van der Waals surface area contributed by atoms with E-state index in [4.69, 9.17) is 0 Å². The first-order chi connectivity index (χ1) is 9.79. The van der Waals surface area contributed by atoms with Gasteiger partial charge in [-0.15, -0.1) is 0 Å². The number of carbonyl (C=O) groups excluding carboxylic acids is 3. The maximum Gasteiger partial charge on any atom is 0.333 e. The molecule has 6 nitrogen and oxygen atoms in total. The van der Waals surface area contributed by atoms with E-state index in [-0.39, 0.29) is 11.9 Å². The van der Waals surface area contributed by atoms with E-state index >= 15 is 0 Å². The van der Waals surface area contributed by atoms with Crippen molar-refractivity contribution >= 4 is 17.8 Å². The predicted molar refractivity (Wildman–Crippen MR) is 78.5 cm³/mol. The topological polar surface area (TPSA) is 60.9 Å². The zero-order chi connectivity index (χ0) is 15.8. The third kappa shape index (κ3) is 2.69. The minimum absolute atomic E-state index is 0.0595. The van der Waals surface area contributed by atoms with E-state index in [0.29, 0.717) is 6.54 Å². The van der Waals surface area contributed by atoms with Gasteiger partial charge in [0.15, 0.2) is 0 Å². The van der Waals surface area contributed by atoms with Crippen molar-refractivity contribution in [2.75, 3.05) is 27.7 Å². The Bertz CT molecular complexity index is 457. The Morgan fingerprint density at radius 3 is 2.19 bits per heavy atom. The number of hydrogen-bond donors (Lipinski definition) is 0. The van der Waals surface area contributed by atoms with Gasteiger partial charge < -0.3 is 4.90 Å². The zero-order valence-electron chi connectivity index (χ0n) is 13.4. The van der Waals surface area contributed by atoms with E-state index < -0.39 is 17.4 Å². The highest BCUT2D eigenvalue weighted by atomic mass is 16.2. The monoisotopic (exact) mass is 295 g/mol. The van der Waals surface area contributed by atoms with Gasteiger partial charge in [0.25, 0.3) is 0 Å². The molecule has 1 unspecified atom stereocenters. The van der Waals surface area contributed by atoms with Gasteiger partial charge in [-0.25, -0.2) is 4.79 Å². The molecule has 1 aliphatic heterocycles. The molecule has 2 aliphatic rings. The molecule has 1 saturated carbocycles. The molecular formula is C15H25N3O3. The Morgan fingerprint density at radius 2 is 1.67 bits per heavy atom.